The maximum atomic E-state index is 12.4. The van der Waals surface area contributed by atoms with Crippen LogP contribution in [0.3, 0.4) is 0 Å². The van der Waals surface area contributed by atoms with Gasteiger partial charge in [0.15, 0.2) is 0 Å². The molecule has 1 aliphatic rings. The van der Waals surface area contributed by atoms with E-state index in [0.717, 1.165) is 5.01 Å². The van der Waals surface area contributed by atoms with Crippen molar-refractivity contribution in [2.24, 2.45) is 5.92 Å². The molecule has 1 saturated carbocycles. The van der Waals surface area contributed by atoms with Crippen molar-refractivity contribution >= 4 is 16.1 Å². The third kappa shape index (κ3) is 3.60. The Labute approximate surface area is 115 Å². The van der Waals surface area contributed by atoms with E-state index in [2.05, 4.69) is 4.83 Å². The summed E-state index contributed by atoms with van der Waals surface area (Å²) in [6.45, 7) is 8.87. The highest BCUT2D eigenvalue weighted by Crippen LogP contribution is 2.48. The van der Waals surface area contributed by atoms with Crippen molar-refractivity contribution in [2.45, 2.75) is 64.2 Å². The summed E-state index contributed by atoms with van der Waals surface area (Å²) in [6, 6.07) is 0. The molecule has 0 spiro atoms. The standard InChI is InChI=1S/C12H24N2O4S/c1-9(2)8-12(6-7-12)19(17,18)13-14(10(15)16)11(3,4)5/h9,13H,6-8H2,1-5H3,(H,15,16). The van der Waals surface area contributed by atoms with Gasteiger partial charge in [0.25, 0.3) is 0 Å². The SMILES string of the molecule is CC(C)CC1(S(=O)(=O)NN(C(=O)O)C(C)(C)C)CC1. The van der Waals surface area contributed by atoms with Crippen LogP contribution in [0.2, 0.25) is 0 Å². The minimum atomic E-state index is -3.68. The van der Waals surface area contributed by atoms with Crippen LogP contribution in [-0.2, 0) is 10.0 Å². The highest BCUT2D eigenvalue weighted by molar-refractivity contribution is 7.91. The molecule has 0 saturated heterocycles. The van der Waals surface area contributed by atoms with Gasteiger partial charge in [0.2, 0.25) is 10.0 Å². The number of nitrogens with one attached hydrogen (secondary N) is 1. The number of amides is 1. The average molecular weight is 292 g/mol. The van der Waals surface area contributed by atoms with Gasteiger partial charge in [-0.15, -0.1) is 4.83 Å². The quantitative estimate of drug-likeness (QED) is 0.760. The zero-order chi connectivity index (χ0) is 15.1. The molecule has 6 nitrogen and oxygen atoms in total. The fourth-order valence-electron chi connectivity index (χ4n) is 2.15. The number of hydrazine groups is 1. The minimum Gasteiger partial charge on any atom is -0.464 e. The summed E-state index contributed by atoms with van der Waals surface area (Å²) in [4.78, 5) is 13.4. The van der Waals surface area contributed by atoms with Gasteiger partial charge in [-0.3, -0.25) is 0 Å². The Morgan fingerprint density at radius 3 is 2.11 bits per heavy atom. The van der Waals surface area contributed by atoms with Gasteiger partial charge in [-0.1, -0.05) is 13.8 Å². The van der Waals surface area contributed by atoms with Crippen LogP contribution in [0, 0.1) is 5.92 Å². The van der Waals surface area contributed by atoms with Crippen molar-refractivity contribution in [2.75, 3.05) is 0 Å². The lowest BCUT2D eigenvalue weighted by molar-refractivity contribution is 0.0852. The summed E-state index contributed by atoms with van der Waals surface area (Å²) in [6.07, 6.45) is 0.451. The molecule has 0 aliphatic heterocycles. The minimum absolute atomic E-state index is 0.256. The first-order chi connectivity index (χ1) is 8.41. The topological polar surface area (TPSA) is 86.7 Å². The molecular formula is C12H24N2O4S. The van der Waals surface area contributed by atoms with Crippen molar-refractivity contribution in [3.8, 4) is 0 Å². The molecular weight excluding hydrogens is 268 g/mol. The molecule has 0 unspecified atom stereocenters. The van der Waals surface area contributed by atoms with Gasteiger partial charge in [0, 0.05) is 0 Å². The Morgan fingerprint density at radius 1 is 1.37 bits per heavy atom. The normalized spacial score (nSPS) is 18.4. The first-order valence-corrected chi connectivity index (χ1v) is 7.95. The van der Waals surface area contributed by atoms with Gasteiger partial charge in [0.05, 0.1) is 10.3 Å². The smallest absolute Gasteiger partial charge is 0.423 e. The summed E-state index contributed by atoms with van der Waals surface area (Å²) < 4.78 is 24.0. The molecule has 1 aliphatic carbocycles. The van der Waals surface area contributed by atoms with Crippen LogP contribution in [0.5, 0.6) is 0 Å². The van der Waals surface area contributed by atoms with E-state index in [9.17, 15) is 13.2 Å². The lowest BCUT2D eigenvalue weighted by Gasteiger charge is -2.34. The Kier molecular flexibility index (Phi) is 4.22. The molecule has 0 aromatic carbocycles. The number of sulfonamides is 1. The highest BCUT2D eigenvalue weighted by atomic mass is 32.2. The molecule has 0 radical (unpaired) electrons. The Bertz CT molecular complexity index is 447. The monoisotopic (exact) mass is 292 g/mol. The van der Waals surface area contributed by atoms with E-state index >= 15 is 0 Å². The molecule has 0 heterocycles. The Balaban J connectivity index is 2.93. The number of rotatable bonds is 5. The van der Waals surface area contributed by atoms with E-state index in [-0.39, 0.29) is 5.92 Å². The highest BCUT2D eigenvalue weighted by Gasteiger charge is 2.55. The van der Waals surface area contributed by atoms with Crippen molar-refractivity contribution < 1.29 is 18.3 Å². The predicted octanol–water partition coefficient (Wildman–Crippen LogP) is 2.18. The summed E-state index contributed by atoms with van der Waals surface area (Å²) in [5.41, 5.74) is -0.827. The summed E-state index contributed by atoms with van der Waals surface area (Å²) in [7, 11) is -3.68. The Morgan fingerprint density at radius 2 is 1.84 bits per heavy atom. The van der Waals surface area contributed by atoms with Crippen LogP contribution < -0.4 is 4.83 Å². The van der Waals surface area contributed by atoms with Gasteiger partial charge in [-0.2, -0.15) is 0 Å². The maximum absolute atomic E-state index is 12.4. The maximum Gasteiger partial charge on any atom is 0.423 e. The fraction of sp³-hybridized carbons (Fsp3) is 0.917. The van der Waals surface area contributed by atoms with Crippen LogP contribution in [0.25, 0.3) is 0 Å². The molecule has 0 bridgehead atoms. The van der Waals surface area contributed by atoms with Gasteiger partial charge in [-0.25, -0.2) is 18.2 Å². The molecule has 7 heteroatoms. The number of carbonyl (C=O) groups is 1. The van der Waals surface area contributed by atoms with Crippen molar-refractivity contribution in [3.05, 3.63) is 0 Å². The van der Waals surface area contributed by atoms with Gasteiger partial charge >= 0.3 is 6.09 Å². The average Bonchev–Trinajstić information content (AvgIpc) is 2.92. The van der Waals surface area contributed by atoms with E-state index < -0.39 is 26.4 Å². The van der Waals surface area contributed by atoms with Gasteiger partial charge < -0.3 is 5.11 Å². The summed E-state index contributed by atoms with van der Waals surface area (Å²) >= 11 is 0. The summed E-state index contributed by atoms with van der Waals surface area (Å²) in [5, 5.41) is 9.91. The number of hydrogen-bond acceptors (Lipinski definition) is 3. The largest absolute Gasteiger partial charge is 0.464 e. The van der Waals surface area contributed by atoms with E-state index in [1.165, 1.54) is 0 Å². The van der Waals surface area contributed by atoms with Crippen molar-refractivity contribution in [1.29, 1.82) is 0 Å². The second-order valence-corrected chi connectivity index (χ2v) is 8.72. The zero-order valence-electron chi connectivity index (χ0n) is 12.2. The van der Waals surface area contributed by atoms with E-state index in [1.807, 2.05) is 13.8 Å². The van der Waals surface area contributed by atoms with Crippen LogP contribution >= 0.6 is 0 Å². The number of carboxylic acid groups (broad SMARTS) is 1. The molecule has 2 N–H and O–H groups in total. The first kappa shape index (κ1) is 16.2. The van der Waals surface area contributed by atoms with Crippen LogP contribution in [0.1, 0.15) is 53.9 Å². The third-order valence-electron chi connectivity index (χ3n) is 3.23. The van der Waals surface area contributed by atoms with Crippen molar-refractivity contribution in [1.82, 2.24) is 9.84 Å². The second kappa shape index (κ2) is 4.94. The Hall–Kier alpha value is -0.820. The summed E-state index contributed by atoms with van der Waals surface area (Å²) in [5.74, 6) is 0.256. The number of hydrogen-bond donors (Lipinski definition) is 2. The number of nitrogens with zero attached hydrogens (tertiary/aromatic N) is 1. The molecule has 112 valence electrons. The van der Waals surface area contributed by atoms with Crippen LogP contribution in [-0.4, -0.2) is 34.9 Å². The van der Waals surface area contributed by atoms with Gasteiger partial charge in [0.1, 0.15) is 0 Å². The van der Waals surface area contributed by atoms with Crippen LogP contribution in [0.4, 0.5) is 4.79 Å². The van der Waals surface area contributed by atoms with Gasteiger partial charge in [-0.05, 0) is 46.0 Å². The lowest BCUT2D eigenvalue weighted by Crippen LogP contribution is -2.57. The molecule has 0 aromatic rings. The van der Waals surface area contributed by atoms with Crippen LogP contribution in [0.15, 0.2) is 0 Å². The predicted molar refractivity (Wildman–Crippen MR) is 73.1 cm³/mol. The fourth-order valence-corrected chi connectivity index (χ4v) is 4.12. The molecule has 1 amide bonds. The van der Waals surface area contributed by atoms with E-state index in [4.69, 9.17) is 5.11 Å². The first-order valence-electron chi connectivity index (χ1n) is 6.46. The van der Waals surface area contributed by atoms with E-state index in [0.29, 0.717) is 19.3 Å². The van der Waals surface area contributed by atoms with E-state index in [1.54, 1.807) is 20.8 Å². The molecule has 19 heavy (non-hydrogen) atoms. The van der Waals surface area contributed by atoms with Crippen molar-refractivity contribution in [3.63, 3.8) is 0 Å². The lowest BCUT2D eigenvalue weighted by atomic mass is 10.1. The zero-order valence-corrected chi connectivity index (χ0v) is 13.0. The molecule has 1 rings (SSSR count). The third-order valence-corrected chi connectivity index (χ3v) is 5.37. The molecule has 0 atom stereocenters. The molecule has 1 fully saturated rings. The second-order valence-electron chi connectivity index (χ2n) is 6.66. The molecule has 0 aromatic heterocycles.